The minimum atomic E-state index is -1.59. The van der Waals surface area contributed by atoms with Crippen LogP contribution >= 0.6 is 0 Å². The summed E-state index contributed by atoms with van der Waals surface area (Å²) in [6.07, 6.45) is 3.75. The van der Waals surface area contributed by atoms with E-state index in [1.165, 1.54) is 7.11 Å². The number of hydrogen-bond acceptors (Lipinski definition) is 5. The summed E-state index contributed by atoms with van der Waals surface area (Å²) in [5.74, 6) is 1.83. The molecule has 120 valence electrons. The maximum absolute atomic E-state index is 9.40. The Balaban J connectivity index is 2.31. The Morgan fingerprint density at radius 1 is 0.783 bits per heavy atom. The van der Waals surface area contributed by atoms with Crippen LogP contribution in [-0.4, -0.2) is 38.5 Å². The van der Waals surface area contributed by atoms with Gasteiger partial charge in [-0.25, -0.2) is 0 Å². The molecule has 6 heteroatoms. The van der Waals surface area contributed by atoms with E-state index in [0.29, 0.717) is 22.7 Å². The largest absolute Gasteiger partial charge is 0.497 e. The molecule has 0 bridgehead atoms. The molecule has 0 fully saturated rings. The molecule has 0 aliphatic heterocycles. The maximum atomic E-state index is 9.40. The van der Waals surface area contributed by atoms with Crippen molar-refractivity contribution in [3.05, 3.63) is 47.5 Å². The lowest BCUT2D eigenvalue weighted by Gasteiger charge is -2.08. The van der Waals surface area contributed by atoms with Gasteiger partial charge in [0.1, 0.15) is 17.2 Å². The molecule has 0 aliphatic carbocycles. The van der Waals surface area contributed by atoms with Gasteiger partial charge in [0.05, 0.1) is 21.3 Å². The van der Waals surface area contributed by atoms with E-state index in [1.807, 2.05) is 30.4 Å². The van der Waals surface area contributed by atoms with Crippen LogP contribution < -0.4 is 19.7 Å². The van der Waals surface area contributed by atoms with E-state index in [4.69, 9.17) is 14.2 Å². The summed E-state index contributed by atoms with van der Waals surface area (Å²) in [5, 5.41) is 18.8. The van der Waals surface area contributed by atoms with Gasteiger partial charge in [-0.05, 0) is 29.3 Å². The second kappa shape index (κ2) is 7.71. The molecule has 0 saturated carbocycles. The average molecular weight is 314 g/mol. The van der Waals surface area contributed by atoms with Crippen molar-refractivity contribution in [2.75, 3.05) is 21.3 Å². The Labute approximate surface area is 135 Å². The second-order valence-corrected chi connectivity index (χ2v) is 4.85. The summed E-state index contributed by atoms with van der Waals surface area (Å²) in [6.45, 7) is 0. The molecular weight excluding hydrogens is 295 g/mol. The fraction of sp³-hybridized carbons (Fsp3) is 0.176. The Kier molecular flexibility index (Phi) is 5.68. The van der Waals surface area contributed by atoms with Gasteiger partial charge < -0.3 is 24.3 Å². The number of ether oxygens (including phenoxy) is 3. The van der Waals surface area contributed by atoms with Crippen LogP contribution in [-0.2, 0) is 0 Å². The lowest BCUT2D eigenvalue weighted by molar-refractivity contribution is 0.394. The summed E-state index contributed by atoms with van der Waals surface area (Å²) in [5.41, 5.74) is 2.04. The van der Waals surface area contributed by atoms with Crippen molar-refractivity contribution in [2.24, 2.45) is 0 Å². The van der Waals surface area contributed by atoms with Gasteiger partial charge in [-0.1, -0.05) is 24.3 Å². The standard InChI is InChI=1S/C17H19BO5/c1-21-14-8-13(9-15(11-14)22-2)5-4-12-6-7-17(23-3)16(10-12)18(19)20/h4-11,19-20H,1-3H3/b5-4-. The van der Waals surface area contributed by atoms with Crippen LogP contribution in [0.3, 0.4) is 0 Å². The third-order valence-corrected chi connectivity index (χ3v) is 3.37. The highest BCUT2D eigenvalue weighted by atomic mass is 16.5. The van der Waals surface area contributed by atoms with Crippen LogP contribution in [0, 0.1) is 0 Å². The van der Waals surface area contributed by atoms with Gasteiger partial charge in [-0.3, -0.25) is 0 Å². The molecule has 0 aliphatic rings. The van der Waals surface area contributed by atoms with E-state index in [1.54, 1.807) is 32.4 Å². The van der Waals surface area contributed by atoms with E-state index in [9.17, 15) is 10.0 Å². The first-order valence-electron chi connectivity index (χ1n) is 7.02. The van der Waals surface area contributed by atoms with Gasteiger partial charge in [0.15, 0.2) is 0 Å². The summed E-state index contributed by atoms with van der Waals surface area (Å²) in [7, 11) is 3.09. The van der Waals surface area contributed by atoms with Crippen LogP contribution in [0.5, 0.6) is 17.2 Å². The van der Waals surface area contributed by atoms with Crippen LogP contribution in [0.4, 0.5) is 0 Å². The molecule has 0 amide bonds. The molecule has 2 N–H and O–H groups in total. The molecule has 2 rings (SSSR count). The fourth-order valence-corrected chi connectivity index (χ4v) is 2.18. The normalized spacial score (nSPS) is 10.7. The second-order valence-electron chi connectivity index (χ2n) is 4.85. The predicted octanol–water partition coefficient (Wildman–Crippen LogP) is 1.56. The van der Waals surface area contributed by atoms with E-state index in [2.05, 4.69) is 0 Å². The van der Waals surface area contributed by atoms with Crippen molar-refractivity contribution in [3.8, 4) is 17.2 Å². The Bertz CT molecular complexity index is 675. The van der Waals surface area contributed by atoms with Gasteiger partial charge >= 0.3 is 7.12 Å². The monoisotopic (exact) mass is 314 g/mol. The lowest BCUT2D eigenvalue weighted by atomic mass is 9.78. The molecule has 2 aromatic rings. The molecular formula is C17H19BO5. The minimum absolute atomic E-state index is 0.317. The maximum Gasteiger partial charge on any atom is 0.492 e. The zero-order valence-corrected chi connectivity index (χ0v) is 13.3. The number of benzene rings is 2. The highest BCUT2D eigenvalue weighted by Gasteiger charge is 2.16. The smallest absolute Gasteiger partial charge is 0.492 e. The molecule has 5 nitrogen and oxygen atoms in total. The van der Waals surface area contributed by atoms with E-state index >= 15 is 0 Å². The number of rotatable bonds is 6. The van der Waals surface area contributed by atoms with Gasteiger partial charge in [0.25, 0.3) is 0 Å². The number of methoxy groups -OCH3 is 3. The number of hydrogen-bond donors (Lipinski definition) is 2. The third kappa shape index (κ3) is 4.28. The highest BCUT2D eigenvalue weighted by Crippen LogP contribution is 2.24. The molecule has 0 heterocycles. The van der Waals surface area contributed by atoms with Crippen molar-refractivity contribution < 1.29 is 24.3 Å². The summed E-state index contributed by atoms with van der Waals surface area (Å²) in [4.78, 5) is 0. The molecule has 0 saturated heterocycles. The topological polar surface area (TPSA) is 68.2 Å². The van der Waals surface area contributed by atoms with E-state index < -0.39 is 7.12 Å². The lowest BCUT2D eigenvalue weighted by Crippen LogP contribution is -2.31. The highest BCUT2D eigenvalue weighted by molar-refractivity contribution is 6.59. The molecule has 0 radical (unpaired) electrons. The van der Waals surface area contributed by atoms with E-state index in [0.717, 1.165) is 11.1 Å². The van der Waals surface area contributed by atoms with Gasteiger partial charge in [-0.2, -0.15) is 0 Å². The van der Waals surface area contributed by atoms with Crippen molar-refractivity contribution >= 4 is 24.7 Å². The summed E-state index contributed by atoms with van der Waals surface area (Å²) < 4.78 is 15.6. The van der Waals surface area contributed by atoms with Crippen molar-refractivity contribution in [1.82, 2.24) is 0 Å². The van der Waals surface area contributed by atoms with Gasteiger partial charge in [0.2, 0.25) is 0 Å². The quantitative estimate of drug-likeness (QED) is 0.626. The Hall–Kier alpha value is -2.44. The van der Waals surface area contributed by atoms with Crippen molar-refractivity contribution in [1.29, 1.82) is 0 Å². The molecule has 23 heavy (non-hydrogen) atoms. The van der Waals surface area contributed by atoms with Gasteiger partial charge in [0, 0.05) is 11.5 Å². The van der Waals surface area contributed by atoms with Crippen LogP contribution in [0.1, 0.15) is 11.1 Å². The summed E-state index contributed by atoms with van der Waals surface area (Å²) in [6, 6.07) is 10.7. The predicted molar refractivity (Wildman–Crippen MR) is 91.3 cm³/mol. The van der Waals surface area contributed by atoms with E-state index in [-0.39, 0.29) is 0 Å². The summed E-state index contributed by atoms with van der Waals surface area (Å²) >= 11 is 0. The first kappa shape index (κ1) is 16.9. The molecule has 0 spiro atoms. The zero-order valence-electron chi connectivity index (χ0n) is 13.3. The van der Waals surface area contributed by atoms with Crippen LogP contribution in [0.25, 0.3) is 12.2 Å². The zero-order chi connectivity index (χ0) is 16.8. The van der Waals surface area contributed by atoms with Gasteiger partial charge in [-0.15, -0.1) is 0 Å². The molecule has 0 aromatic heterocycles. The van der Waals surface area contributed by atoms with Crippen LogP contribution in [0.2, 0.25) is 0 Å². The third-order valence-electron chi connectivity index (χ3n) is 3.37. The first-order valence-corrected chi connectivity index (χ1v) is 7.02. The Morgan fingerprint density at radius 3 is 1.91 bits per heavy atom. The SMILES string of the molecule is COc1cc(/C=C\c2ccc(OC)c(B(O)O)c2)cc(OC)c1. The average Bonchev–Trinajstić information content (AvgIpc) is 2.59. The van der Waals surface area contributed by atoms with Crippen molar-refractivity contribution in [3.63, 3.8) is 0 Å². The van der Waals surface area contributed by atoms with Crippen molar-refractivity contribution in [2.45, 2.75) is 0 Å². The molecule has 0 atom stereocenters. The Morgan fingerprint density at radius 2 is 1.39 bits per heavy atom. The minimum Gasteiger partial charge on any atom is -0.497 e. The first-order chi connectivity index (χ1) is 11.1. The molecule has 2 aromatic carbocycles. The molecule has 0 unspecified atom stereocenters. The fourth-order valence-electron chi connectivity index (χ4n) is 2.18. The van der Waals surface area contributed by atoms with Crippen LogP contribution in [0.15, 0.2) is 36.4 Å².